The highest BCUT2D eigenvalue weighted by molar-refractivity contribution is 5.40. The van der Waals surface area contributed by atoms with Gasteiger partial charge in [0.15, 0.2) is 5.82 Å². The van der Waals surface area contributed by atoms with Gasteiger partial charge in [-0.05, 0) is 5.56 Å². The second-order valence-electron chi connectivity index (χ2n) is 3.74. The van der Waals surface area contributed by atoms with Gasteiger partial charge in [0.1, 0.15) is 5.82 Å². The lowest BCUT2D eigenvalue weighted by atomic mass is 10.1. The number of rotatable bonds is 5. The molecule has 2 aromatic rings. The van der Waals surface area contributed by atoms with Crippen molar-refractivity contribution in [3.05, 3.63) is 48.3 Å². The first kappa shape index (κ1) is 12.3. The number of nitrogen functional groups attached to an aromatic ring is 1. The van der Waals surface area contributed by atoms with Gasteiger partial charge in [0.05, 0.1) is 18.5 Å². The number of aliphatic hydroxyl groups excluding tert-OH is 1. The highest BCUT2D eigenvalue weighted by Gasteiger charge is 2.06. The molecule has 6 heteroatoms. The van der Waals surface area contributed by atoms with E-state index in [2.05, 4.69) is 20.7 Å². The molecule has 2 rings (SSSR count). The average molecular weight is 245 g/mol. The maximum atomic E-state index is 9.96. The molecule has 0 radical (unpaired) electrons. The Kier molecular flexibility index (Phi) is 4.06. The first-order valence-electron chi connectivity index (χ1n) is 5.55. The van der Waals surface area contributed by atoms with E-state index in [9.17, 15) is 5.11 Å². The summed E-state index contributed by atoms with van der Waals surface area (Å²) in [6, 6.07) is 9.42. The molecule has 1 atom stereocenters. The van der Waals surface area contributed by atoms with Crippen LogP contribution < -0.4 is 16.6 Å². The maximum Gasteiger partial charge on any atom is 0.160 e. The van der Waals surface area contributed by atoms with Crippen molar-refractivity contribution in [1.82, 2.24) is 9.97 Å². The molecule has 0 aliphatic rings. The fourth-order valence-corrected chi connectivity index (χ4v) is 1.51. The van der Waals surface area contributed by atoms with E-state index in [1.165, 1.54) is 6.20 Å². The molecule has 0 saturated carbocycles. The Hall–Kier alpha value is -2.18. The molecule has 0 amide bonds. The smallest absolute Gasteiger partial charge is 0.160 e. The van der Waals surface area contributed by atoms with E-state index in [0.717, 1.165) is 5.56 Å². The SMILES string of the molecule is NNc1cncc(NCC(O)c2ccccc2)n1. The van der Waals surface area contributed by atoms with Crippen molar-refractivity contribution in [3.8, 4) is 0 Å². The van der Waals surface area contributed by atoms with Crippen molar-refractivity contribution in [2.75, 3.05) is 17.3 Å². The van der Waals surface area contributed by atoms with Crippen molar-refractivity contribution < 1.29 is 5.11 Å². The minimum Gasteiger partial charge on any atom is -0.387 e. The molecule has 6 nitrogen and oxygen atoms in total. The summed E-state index contributed by atoms with van der Waals surface area (Å²) in [5.41, 5.74) is 3.26. The summed E-state index contributed by atoms with van der Waals surface area (Å²) < 4.78 is 0. The number of nitrogens with one attached hydrogen (secondary N) is 2. The molecule has 0 saturated heterocycles. The molecule has 1 aromatic heterocycles. The number of anilines is 2. The predicted octanol–water partition coefficient (Wildman–Crippen LogP) is 0.908. The lowest BCUT2D eigenvalue weighted by Crippen LogP contribution is -2.14. The number of aromatic nitrogens is 2. The van der Waals surface area contributed by atoms with E-state index in [4.69, 9.17) is 5.84 Å². The van der Waals surface area contributed by atoms with Crippen molar-refractivity contribution >= 4 is 11.6 Å². The summed E-state index contributed by atoms with van der Waals surface area (Å²) in [5, 5.41) is 13.0. The zero-order chi connectivity index (χ0) is 12.8. The van der Waals surface area contributed by atoms with Gasteiger partial charge < -0.3 is 15.8 Å². The first-order chi connectivity index (χ1) is 8.79. The molecular formula is C12H15N5O. The third-order valence-electron chi connectivity index (χ3n) is 2.44. The molecule has 18 heavy (non-hydrogen) atoms. The fraction of sp³-hybridized carbons (Fsp3) is 0.167. The average Bonchev–Trinajstić information content (AvgIpc) is 2.46. The third kappa shape index (κ3) is 3.16. The number of hydrazine groups is 1. The zero-order valence-electron chi connectivity index (χ0n) is 9.74. The predicted molar refractivity (Wildman–Crippen MR) is 69.7 cm³/mol. The van der Waals surface area contributed by atoms with E-state index >= 15 is 0 Å². The van der Waals surface area contributed by atoms with Gasteiger partial charge in [-0.3, -0.25) is 4.98 Å². The van der Waals surface area contributed by atoms with Gasteiger partial charge in [0.25, 0.3) is 0 Å². The molecule has 94 valence electrons. The van der Waals surface area contributed by atoms with Crippen LogP contribution in [0.2, 0.25) is 0 Å². The summed E-state index contributed by atoms with van der Waals surface area (Å²) in [4.78, 5) is 8.09. The largest absolute Gasteiger partial charge is 0.387 e. The van der Waals surface area contributed by atoms with Gasteiger partial charge in [-0.1, -0.05) is 30.3 Å². The van der Waals surface area contributed by atoms with Crippen LogP contribution in [0.25, 0.3) is 0 Å². The maximum absolute atomic E-state index is 9.96. The minimum atomic E-state index is -0.595. The van der Waals surface area contributed by atoms with E-state index in [1.807, 2.05) is 30.3 Å². The van der Waals surface area contributed by atoms with Crippen molar-refractivity contribution in [2.24, 2.45) is 5.84 Å². The molecule has 0 aliphatic carbocycles. The van der Waals surface area contributed by atoms with Crippen LogP contribution in [0.1, 0.15) is 11.7 Å². The first-order valence-corrected chi connectivity index (χ1v) is 5.55. The number of nitrogens with two attached hydrogens (primary N) is 1. The fourth-order valence-electron chi connectivity index (χ4n) is 1.51. The normalized spacial score (nSPS) is 11.9. The highest BCUT2D eigenvalue weighted by Crippen LogP contribution is 2.13. The lowest BCUT2D eigenvalue weighted by molar-refractivity contribution is 0.191. The topological polar surface area (TPSA) is 96.1 Å². The van der Waals surface area contributed by atoms with E-state index in [0.29, 0.717) is 18.2 Å². The van der Waals surface area contributed by atoms with Crippen LogP contribution in [0, 0.1) is 0 Å². The minimum absolute atomic E-state index is 0.354. The van der Waals surface area contributed by atoms with E-state index < -0.39 is 6.10 Å². The molecule has 0 bridgehead atoms. The van der Waals surface area contributed by atoms with Gasteiger partial charge in [0, 0.05) is 6.54 Å². The summed E-state index contributed by atoms with van der Waals surface area (Å²) >= 11 is 0. The van der Waals surface area contributed by atoms with Crippen LogP contribution >= 0.6 is 0 Å². The molecule has 1 unspecified atom stereocenters. The molecule has 0 spiro atoms. The summed E-state index contributed by atoms with van der Waals surface area (Å²) in [6.07, 6.45) is 2.49. The van der Waals surface area contributed by atoms with Crippen molar-refractivity contribution in [2.45, 2.75) is 6.10 Å². The molecule has 5 N–H and O–H groups in total. The quantitative estimate of drug-likeness (QED) is 0.462. The third-order valence-corrected chi connectivity index (χ3v) is 2.44. The summed E-state index contributed by atoms with van der Waals surface area (Å²) in [6.45, 7) is 0.354. The monoisotopic (exact) mass is 245 g/mol. The number of benzene rings is 1. The number of nitrogens with zero attached hydrogens (tertiary/aromatic N) is 2. The van der Waals surface area contributed by atoms with Gasteiger partial charge in [-0.15, -0.1) is 0 Å². The van der Waals surface area contributed by atoms with Crippen LogP contribution in [0.5, 0.6) is 0 Å². The van der Waals surface area contributed by atoms with Gasteiger partial charge in [0.2, 0.25) is 0 Å². The van der Waals surface area contributed by atoms with Crippen molar-refractivity contribution in [3.63, 3.8) is 0 Å². The second kappa shape index (κ2) is 5.95. The lowest BCUT2D eigenvalue weighted by Gasteiger charge is -2.12. The van der Waals surface area contributed by atoms with Crippen LogP contribution in [-0.4, -0.2) is 21.6 Å². The molecule has 0 fully saturated rings. The zero-order valence-corrected chi connectivity index (χ0v) is 9.74. The van der Waals surface area contributed by atoms with Gasteiger partial charge in [-0.2, -0.15) is 0 Å². The Labute approximate surface area is 105 Å². The Morgan fingerprint density at radius 3 is 2.61 bits per heavy atom. The van der Waals surface area contributed by atoms with E-state index in [-0.39, 0.29) is 0 Å². The highest BCUT2D eigenvalue weighted by atomic mass is 16.3. The van der Waals surface area contributed by atoms with Crippen LogP contribution in [0.3, 0.4) is 0 Å². The Morgan fingerprint density at radius 1 is 1.17 bits per heavy atom. The Balaban J connectivity index is 1.95. The number of hydrogen-bond donors (Lipinski definition) is 4. The van der Waals surface area contributed by atoms with Gasteiger partial charge in [-0.25, -0.2) is 10.8 Å². The Bertz CT molecular complexity index is 491. The van der Waals surface area contributed by atoms with Crippen molar-refractivity contribution in [1.29, 1.82) is 0 Å². The number of hydrogen-bond acceptors (Lipinski definition) is 6. The second-order valence-corrected chi connectivity index (χ2v) is 3.74. The van der Waals surface area contributed by atoms with Crippen LogP contribution in [0.15, 0.2) is 42.7 Å². The summed E-state index contributed by atoms with van der Waals surface area (Å²) in [7, 11) is 0. The van der Waals surface area contributed by atoms with E-state index in [1.54, 1.807) is 6.20 Å². The van der Waals surface area contributed by atoms with Crippen LogP contribution in [0.4, 0.5) is 11.6 Å². The summed E-state index contributed by atoms with van der Waals surface area (Å²) in [5.74, 6) is 6.26. The molecule has 0 aliphatic heterocycles. The Morgan fingerprint density at radius 2 is 1.89 bits per heavy atom. The molecule has 1 heterocycles. The van der Waals surface area contributed by atoms with Crippen LogP contribution in [-0.2, 0) is 0 Å². The van der Waals surface area contributed by atoms with Gasteiger partial charge >= 0.3 is 0 Å². The molecular weight excluding hydrogens is 230 g/mol. The standard InChI is InChI=1S/C12H15N5O/c13-17-12-8-14-7-11(16-12)15-6-10(18)9-4-2-1-3-5-9/h1-5,7-8,10,18H,6,13H2,(H2,15,16,17). The number of aliphatic hydroxyl groups is 1. The molecule has 1 aromatic carbocycles.